The summed E-state index contributed by atoms with van der Waals surface area (Å²) in [6.45, 7) is 2.88. The normalized spacial score (nSPS) is 14.7. The van der Waals surface area contributed by atoms with Crippen LogP contribution in [0.5, 0.6) is 23.0 Å². The van der Waals surface area contributed by atoms with E-state index in [1.807, 2.05) is 6.92 Å². The predicted molar refractivity (Wildman–Crippen MR) is 157 cm³/mol. The Balaban J connectivity index is 2.28. The summed E-state index contributed by atoms with van der Waals surface area (Å²) in [5.41, 5.74) is 1.21. The van der Waals surface area contributed by atoms with Gasteiger partial charge in [0.2, 0.25) is 0 Å². The summed E-state index contributed by atoms with van der Waals surface area (Å²) in [6, 6.07) is 9.77. The first-order valence-electron chi connectivity index (χ1n) is 13.1. The Morgan fingerprint density at radius 2 is 1.19 bits per heavy atom. The van der Waals surface area contributed by atoms with Crippen LogP contribution in [0, 0.1) is 0 Å². The molecule has 0 spiro atoms. The van der Waals surface area contributed by atoms with Gasteiger partial charge in [-0.1, -0.05) is 24.1 Å². The maximum absolute atomic E-state index is 11.0. The van der Waals surface area contributed by atoms with E-state index in [1.165, 1.54) is 6.07 Å². The van der Waals surface area contributed by atoms with Crippen molar-refractivity contribution in [1.29, 1.82) is 0 Å². The summed E-state index contributed by atoms with van der Waals surface area (Å²) in [6.07, 6.45) is 0.0741. The Bertz CT molecular complexity index is 1240. The molecule has 2 rings (SSSR count). The molecular formula is C27H38O14S2. The summed E-state index contributed by atoms with van der Waals surface area (Å²) in [7, 11) is -4.40. The molecule has 0 aliphatic rings. The number of aliphatic hydroxyl groups excluding tert-OH is 4. The Morgan fingerprint density at radius 3 is 1.60 bits per heavy atom. The van der Waals surface area contributed by atoms with Crippen LogP contribution in [0.25, 0.3) is 12.2 Å². The third-order valence-corrected chi connectivity index (χ3v) is 6.79. The second-order valence-corrected chi connectivity index (χ2v) is 11.6. The van der Waals surface area contributed by atoms with Crippen molar-refractivity contribution in [3.8, 4) is 23.0 Å². The van der Waals surface area contributed by atoms with Crippen molar-refractivity contribution >= 4 is 34.3 Å². The highest BCUT2D eigenvalue weighted by Crippen LogP contribution is 2.28. The maximum atomic E-state index is 11.0. The third-order valence-electron chi connectivity index (χ3n) is 5.30. The van der Waals surface area contributed by atoms with Crippen molar-refractivity contribution in [2.24, 2.45) is 0 Å². The summed E-state index contributed by atoms with van der Waals surface area (Å²) in [4.78, 5) is 0. The zero-order valence-electron chi connectivity index (χ0n) is 23.6. The van der Waals surface area contributed by atoms with Crippen LogP contribution < -0.4 is 18.9 Å². The Hall–Kier alpha value is -2.64. The van der Waals surface area contributed by atoms with E-state index in [0.29, 0.717) is 46.8 Å². The lowest BCUT2D eigenvalue weighted by Gasteiger charge is -2.15. The molecule has 0 fully saturated rings. The molecule has 14 nitrogen and oxygen atoms in total. The molecule has 6 N–H and O–H groups in total. The molecule has 0 aliphatic heterocycles. The molecule has 0 amide bonds. The number of hydrogen-bond acceptors (Lipinski definition) is 14. The minimum Gasteiger partial charge on any atom is -0.491 e. The summed E-state index contributed by atoms with van der Waals surface area (Å²) < 4.78 is 57.8. The smallest absolute Gasteiger partial charge is 0.267 e. The second-order valence-electron chi connectivity index (χ2n) is 9.45. The minimum absolute atomic E-state index is 0.00874. The fraction of sp³-hybridized carbons (Fsp3) is 0.481. The fourth-order valence-corrected chi connectivity index (χ4v) is 4.22. The first-order chi connectivity index (χ1) is 20.4. The lowest BCUT2D eigenvalue weighted by molar-refractivity contribution is -0.432. The van der Waals surface area contributed by atoms with E-state index in [9.17, 15) is 28.8 Å². The van der Waals surface area contributed by atoms with Gasteiger partial charge >= 0.3 is 0 Å². The molecule has 16 heteroatoms. The van der Waals surface area contributed by atoms with E-state index < -0.39 is 46.9 Å². The number of hydrogen-bond donors (Lipinski definition) is 6. The highest BCUT2D eigenvalue weighted by Gasteiger charge is 2.15. The number of aliphatic hydroxyl groups is 4. The van der Waals surface area contributed by atoms with Gasteiger partial charge in [0, 0.05) is 24.2 Å². The van der Waals surface area contributed by atoms with Crippen LogP contribution in [0.15, 0.2) is 36.4 Å². The van der Waals surface area contributed by atoms with E-state index in [0.717, 1.165) is 0 Å². The average molecular weight is 651 g/mol. The maximum Gasteiger partial charge on any atom is 0.267 e. The number of ether oxygens (including phenoxy) is 4. The molecule has 0 radical (unpaired) electrons. The van der Waals surface area contributed by atoms with Gasteiger partial charge in [-0.2, -0.15) is 8.42 Å². The molecule has 43 heavy (non-hydrogen) atoms. The van der Waals surface area contributed by atoms with Crippen LogP contribution in [0.2, 0.25) is 0 Å². The number of rotatable bonds is 21. The van der Waals surface area contributed by atoms with Gasteiger partial charge in [0.1, 0.15) is 61.3 Å². The van der Waals surface area contributed by atoms with E-state index in [4.69, 9.17) is 28.8 Å². The molecule has 4 atom stereocenters. The van der Waals surface area contributed by atoms with E-state index in [-0.39, 0.29) is 31.3 Å². The van der Waals surface area contributed by atoms with E-state index >= 15 is 0 Å². The standard InChI is InChI=1S/C27H38O14S2/c1-3-21(29)13-37-25-7-20(8-26(11-25)38-14-22(30)16-42-41-40-32)5-4-19-6-24(36-12-18(2)28)10-27(9-19)39-15-23(31)17-43(33,34)35/h4-11,18,21-23,28-32H,3,12-17H2,1-2H3,(H,33,34,35)/b5-4+. The lowest BCUT2D eigenvalue weighted by Crippen LogP contribution is -2.26. The molecule has 0 saturated heterocycles. The molecule has 4 unspecified atom stereocenters. The Labute approximate surface area is 254 Å². The first-order valence-corrected chi connectivity index (χ1v) is 15.6. The topological polar surface area (TPSA) is 211 Å². The van der Waals surface area contributed by atoms with Crippen molar-refractivity contribution in [3.63, 3.8) is 0 Å². The van der Waals surface area contributed by atoms with Crippen LogP contribution in [-0.2, 0) is 19.5 Å². The molecule has 0 heterocycles. The van der Waals surface area contributed by atoms with Gasteiger partial charge in [-0.25, -0.2) is 5.26 Å². The largest absolute Gasteiger partial charge is 0.491 e. The highest BCUT2D eigenvalue weighted by molar-refractivity contribution is 7.94. The Kier molecular flexibility index (Phi) is 16.1. The van der Waals surface area contributed by atoms with Crippen LogP contribution in [0.1, 0.15) is 31.4 Å². The highest BCUT2D eigenvalue weighted by atomic mass is 32.2. The summed E-state index contributed by atoms with van der Waals surface area (Å²) in [5, 5.41) is 51.1. The van der Waals surface area contributed by atoms with Gasteiger partial charge < -0.3 is 39.4 Å². The summed E-state index contributed by atoms with van der Waals surface area (Å²) in [5.74, 6) is 0.482. The molecule has 2 aromatic rings. The zero-order chi connectivity index (χ0) is 31.8. The van der Waals surface area contributed by atoms with Gasteiger partial charge in [0.25, 0.3) is 10.1 Å². The van der Waals surface area contributed by atoms with Crippen molar-refractivity contribution in [2.45, 2.75) is 44.7 Å². The van der Waals surface area contributed by atoms with Gasteiger partial charge in [-0.3, -0.25) is 4.55 Å². The van der Waals surface area contributed by atoms with Crippen molar-refractivity contribution < 1.29 is 67.0 Å². The number of benzene rings is 2. The van der Waals surface area contributed by atoms with Gasteiger partial charge in [0.05, 0.1) is 24.1 Å². The van der Waals surface area contributed by atoms with Crippen molar-refractivity contribution in [1.82, 2.24) is 0 Å². The van der Waals surface area contributed by atoms with Crippen LogP contribution >= 0.6 is 12.0 Å². The quantitative estimate of drug-likeness (QED) is 0.0286. The van der Waals surface area contributed by atoms with Gasteiger partial charge in [-0.15, -0.1) is 4.33 Å². The molecule has 2 aromatic carbocycles. The average Bonchev–Trinajstić information content (AvgIpc) is 2.95. The molecule has 0 aliphatic carbocycles. The zero-order valence-corrected chi connectivity index (χ0v) is 25.3. The molecular weight excluding hydrogens is 612 g/mol. The van der Waals surface area contributed by atoms with Crippen LogP contribution in [0.4, 0.5) is 0 Å². The SMILES string of the molecule is CCC(O)COc1cc(/C=C/c2cc(OCC(C)O)cc(OCC(O)CS(=O)(=O)O)c2)cc(OCC(O)CSOOO)c1. The van der Waals surface area contributed by atoms with Gasteiger partial charge in [0.15, 0.2) is 0 Å². The monoisotopic (exact) mass is 650 g/mol. The van der Waals surface area contributed by atoms with Crippen molar-refractivity contribution in [3.05, 3.63) is 47.5 Å². The Morgan fingerprint density at radius 1 is 0.744 bits per heavy atom. The lowest BCUT2D eigenvalue weighted by atomic mass is 10.1. The van der Waals surface area contributed by atoms with E-state index in [1.54, 1.807) is 49.4 Å². The third kappa shape index (κ3) is 16.1. The second kappa shape index (κ2) is 18.9. The molecule has 0 bridgehead atoms. The first kappa shape index (κ1) is 36.6. The van der Waals surface area contributed by atoms with E-state index in [2.05, 4.69) is 9.37 Å². The molecule has 0 aromatic heterocycles. The predicted octanol–water partition coefficient (Wildman–Crippen LogP) is 2.20. The molecule has 0 saturated carbocycles. The minimum atomic E-state index is -4.40. The van der Waals surface area contributed by atoms with Gasteiger partial charge in [-0.05, 0) is 48.7 Å². The van der Waals surface area contributed by atoms with Crippen molar-refractivity contribution in [2.75, 3.05) is 37.9 Å². The fourth-order valence-electron chi connectivity index (χ4n) is 3.28. The van der Waals surface area contributed by atoms with Crippen LogP contribution in [0.3, 0.4) is 0 Å². The molecule has 242 valence electrons. The summed E-state index contributed by atoms with van der Waals surface area (Å²) >= 11 is 0.685. The van der Waals surface area contributed by atoms with Crippen LogP contribution in [-0.4, -0.2) is 101 Å².